The number of aromatic nitrogens is 1. The number of benzene rings is 2. The Kier molecular flexibility index (Phi) is 6.37. The quantitative estimate of drug-likeness (QED) is 0.489. The average molecular weight is 374 g/mol. The smallest absolute Gasteiger partial charge is 0.258 e. The fraction of sp³-hybridized carbons (Fsp3) is 0.261. The first-order chi connectivity index (χ1) is 13.6. The molecular weight excluding hydrogens is 348 g/mol. The van der Waals surface area contributed by atoms with Crippen LogP contribution >= 0.6 is 0 Å². The van der Waals surface area contributed by atoms with Crippen molar-refractivity contribution in [3.63, 3.8) is 0 Å². The van der Waals surface area contributed by atoms with Crippen molar-refractivity contribution in [2.24, 2.45) is 16.6 Å². The number of carbonyl (C=O) groups excluding carboxylic acids is 1. The van der Waals surface area contributed by atoms with E-state index < -0.39 is 0 Å². The molecule has 0 radical (unpaired) electrons. The Morgan fingerprint density at radius 1 is 1.14 bits per heavy atom. The summed E-state index contributed by atoms with van der Waals surface area (Å²) in [5, 5.41) is 3.57. The average Bonchev–Trinajstić information content (AvgIpc) is 2.68. The first kappa shape index (κ1) is 19.5. The number of nitrogens with zero attached hydrogens (tertiary/aromatic N) is 2. The molecule has 1 heterocycles. The summed E-state index contributed by atoms with van der Waals surface area (Å²) in [7, 11) is 0. The molecule has 0 saturated carbocycles. The van der Waals surface area contributed by atoms with E-state index in [1.54, 1.807) is 0 Å². The van der Waals surface area contributed by atoms with Gasteiger partial charge in [-0.2, -0.15) is 0 Å². The minimum absolute atomic E-state index is 0.0738. The fourth-order valence-electron chi connectivity index (χ4n) is 3.42. The van der Waals surface area contributed by atoms with Gasteiger partial charge in [0.2, 0.25) is 5.96 Å². The molecule has 1 unspecified atom stereocenters. The van der Waals surface area contributed by atoms with E-state index in [9.17, 15) is 4.79 Å². The maximum atomic E-state index is 13.1. The van der Waals surface area contributed by atoms with Gasteiger partial charge in [-0.25, -0.2) is 4.99 Å². The number of fused-ring (bicyclic) bond motifs is 1. The number of hydrogen-bond acceptors (Lipinski definition) is 3. The van der Waals surface area contributed by atoms with Gasteiger partial charge in [-0.15, -0.1) is 0 Å². The third kappa shape index (κ3) is 4.74. The second kappa shape index (κ2) is 9.13. The number of hydrogen-bond donors (Lipinski definition) is 2. The summed E-state index contributed by atoms with van der Waals surface area (Å²) < 4.78 is 0. The van der Waals surface area contributed by atoms with E-state index in [1.165, 1.54) is 0 Å². The van der Waals surface area contributed by atoms with Gasteiger partial charge < -0.3 is 5.73 Å². The van der Waals surface area contributed by atoms with Crippen LogP contribution in [0.3, 0.4) is 0 Å². The monoisotopic (exact) mass is 374 g/mol. The predicted molar refractivity (Wildman–Crippen MR) is 115 cm³/mol. The lowest BCUT2D eigenvalue weighted by atomic mass is 9.93. The lowest BCUT2D eigenvalue weighted by Gasteiger charge is -2.16. The molecule has 1 amide bonds. The number of nitrogens with two attached hydrogens (primary N) is 1. The summed E-state index contributed by atoms with van der Waals surface area (Å²) in [5.41, 5.74) is 9.03. The lowest BCUT2D eigenvalue weighted by Crippen LogP contribution is -2.37. The van der Waals surface area contributed by atoms with E-state index >= 15 is 0 Å². The zero-order valence-electron chi connectivity index (χ0n) is 16.4. The van der Waals surface area contributed by atoms with Gasteiger partial charge in [0.25, 0.3) is 5.91 Å². The zero-order valence-corrected chi connectivity index (χ0v) is 16.4. The maximum Gasteiger partial charge on any atom is 0.258 e. The standard InChI is InChI=1S/C23H26N4O/c1-3-9-16(2)14-17-15-25-20-13-8-7-12-19(20)21(17)22(28)27-23(24)26-18-10-5-4-6-11-18/h4-8,10-13,15-16H,3,9,14H2,1-2H3,(H3,24,26,27,28). The number of aliphatic imine (C=N–C) groups is 1. The molecule has 2 aromatic carbocycles. The van der Waals surface area contributed by atoms with E-state index in [4.69, 9.17) is 5.73 Å². The van der Waals surface area contributed by atoms with Crippen LogP contribution in [0.4, 0.5) is 5.69 Å². The van der Waals surface area contributed by atoms with Gasteiger partial charge in [-0.05, 0) is 36.1 Å². The Morgan fingerprint density at radius 2 is 1.86 bits per heavy atom. The third-order valence-electron chi connectivity index (χ3n) is 4.68. The van der Waals surface area contributed by atoms with Crippen molar-refractivity contribution >= 4 is 28.5 Å². The molecular formula is C23H26N4O. The molecule has 0 aliphatic heterocycles. The van der Waals surface area contributed by atoms with Crippen LogP contribution in [-0.2, 0) is 6.42 Å². The zero-order chi connectivity index (χ0) is 19.9. The van der Waals surface area contributed by atoms with Crippen LogP contribution in [0.5, 0.6) is 0 Å². The summed E-state index contributed by atoms with van der Waals surface area (Å²) in [5.74, 6) is 0.286. The Hall–Kier alpha value is -3.21. The van der Waals surface area contributed by atoms with Gasteiger partial charge in [0, 0.05) is 11.6 Å². The number of nitrogens with one attached hydrogen (secondary N) is 1. The Balaban J connectivity index is 1.94. The molecule has 1 atom stereocenters. The summed E-state index contributed by atoms with van der Waals surface area (Å²) >= 11 is 0. The number of pyridine rings is 1. The van der Waals surface area contributed by atoms with E-state index in [0.29, 0.717) is 17.2 Å². The number of para-hydroxylation sites is 2. The SMILES string of the molecule is CCCC(C)Cc1cnc2ccccc2c1C(=O)NC(N)=Nc1ccccc1. The molecule has 5 nitrogen and oxygen atoms in total. The van der Waals surface area contributed by atoms with Crippen molar-refractivity contribution in [3.8, 4) is 0 Å². The highest BCUT2D eigenvalue weighted by molar-refractivity contribution is 6.13. The number of guanidine groups is 1. The van der Waals surface area contributed by atoms with Crippen molar-refractivity contribution in [3.05, 3.63) is 71.9 Å². The maximum absolute atomic E-state index is 13.1. The summed E-state index contributed by atoms with van der Waals surface area (Å²) in [6, 6.07) is 17.0. The minimum atomic E-state index is -0.255. The Morgan fingerprint density at radius 3 is 2.61 bits per heavy atom. The van der Waals surface area contributed by atoms with Gasteiger partial charge >= 0.3 is 0 Å². The largest absolute Gasteiger partial charge is 0.369 e. The van der Waals surface area contributed by atoms with Crippen LogP contribution in [0.15, 0.2) is 65.8 Å². The molecule has 0 saturated heterocycles. The van der Waals surface area contributed by atoms with Crippen LogP contribution in [0, 0.1) is 5.92 Å². The molecule has 5 heteroatoms. The number of carbonyl (C=O) groups is 1. The second-order valence-electron chi connectivity index (χ2n) is 7.06. The molecule has 1 aromatic heterocycles. The molecule has 3 aromatic rings. The van der Waals surface area contributed by atoms with E-state index in [1.807, 2.05) is 60.8 Å². The molecule has 28 heavy (non-hydrogen) atoms. The number of rotatable bonds is 6. The first-order valence-corrected chi connectivity index (χ1v) is 9.65. The molecule has 0 aliphatic carbocycles. The molecule has 3 rings (SSSR count). The van der Waals surface area contributed by atoms with E-state index in [0.717, 1.165) is 35.7 Å². The van der Waals surface area contributed by atoms with Crippen molar-refractivity contribution in [2.75, 3.05) is 0 Å². The molecule has 144 valence electrons. The Labute approximate surface area is 165 Å². The van der Waals surface area contributed by atoms with Crippen LogP contribution < -0.4 is 11.1 Å². The normalized spacial score (nSPS) is 12.7. The van der Waals surface area contributed by atoms with Gasteiger partial charge in [-0.3, -0.25) is 15.1 Å². The van der Waals surface area contributed by atoms with Crippen molar-refractivity contribution in [1.82, 2.24) is 10.3 Å². The van der Waals surface area contributed by atoms with Crippen molar-refractivity contribution in [2.45, 2.75) is 33.1 Å². The van der Waals surface area contributed by atoms with Gasteiger partial charge in [0.05, 0.1) is 16.8 Å². The van der Waals surface area contributed by atoms with E-state index in [-0.39, 0.29) is 11.9 Å². The minimum Gasteiger partial charge on any atom is -0.369 e. The molecule has 0 fully saturated rings. The first-order valence-electron chi connectivity index (χ1n) is 9.65. The second-order valence-corrected chi connectivity index (χ2v) is 7.06. The van der Waals surface area contributed by atoms with Gasteiger partial charge in [0.15, 0.2) is 0 Å². The van der Waals surface area contributed by atoms with Crippen molar-refractivity contribution in [1.29, 1.82) is 0 Å². The highest BCUT2D eigenvalue weighted by atomic mass is 16.1. The van der Waals surface area contributed by atoms with Crippen LogP contribution in [0.2, 0.25) is 0 Å². The van der Waals surface area contributed by atoms with Crippen LogP contribution in [0.25, 0.3) is 10.9 Å². The molecule has 0 aliphatic rings. The Bertz CT molecular complexity index is 982. The highest BCUT2D eigenvalue weighted by Crippen LogP contribution is 2.24. The third-order valence-corrected chi connectivity index (χ3v) is 4.68. The molecule has 3 N–H and O–H groups in total. The topological polar surface area (TPSA) is 80.4 Å². The summed E-state index contributed by atoms with van der Waals surface area (Å²) in [6.07, 6.45) is 4.82. The molecule has 0 bridgehead atoms. The lowest BCUT2D eigenvalue weighted by molar-refractivity contribution is 0.0977. The summed E-state index contributed by atoms with van der Waals surface area (Å²) in [6.45, 7) is 4.37. The molecule has 0 spiro atoms. The van der Waals surface area contributed by atoms with Crippen LogP contribution in [-0.4, -0.2) is 16.9 Å². The van der Waals surface area contributed by atoms with E-state index in [2.05, 4.69) is 29.1 Å². The fourth-order valence-corrected chi connectivity index (χ4v) is 3.42. The number of amides is 1. The van der Waals surface area contributed by atoms with Crippen molar-refractivity contribution < 1.29 is 4.79 Å². The van der Waals surface area contributed by atoms with Crippen LogP contribution in [0.1, 0.15) is 42.6 Å². The summed E-state index contributed by atoms with van der Waals surface area (Å²) in [4.78, 5) is 21.9. The predicted octanol–water partition coefficient (Wildman–Crippen LogP) is 4.59. The van der Waals surface area contributed by atoms with Gasteiger partial charge in [0.1, 0.15) is 0 Å². The highest BCUT2D eigenvalue weighted by Gasteiger charge is 2.18. The van der Waals surface area contributed by atoms with Gasteiger partial charge in [-0.1, -0.05) is 63.1 Å².